The minimum Gasteiger partial charge on any atom is -0.497 e. The lowest BCUT2D eigenvalue weighted by Gasteiger charge is -2.35. The molecule has 128 valence electrons. The van der Waals surface area contributed by atoms with Gasteiger partial charge in [0.1, 0.15) is 11.6 Å². The smallest absolute Gasteiger partial charge is 0.245 e. The van der Waals surface area contributed by atoms with E-state index in [2.05, 4.69) is 38.8 Å². The molecule has 2 aromatic rings. The predicted octanol–water partition coefficient (Wildman–Crippen LogP) is 1.73. The SMILES string of the molecule is CCc1nnc(N2CCN(c3cc(OC)ccn3)CC2)nc1CC. The molecule has 0 atom stereocenters. The first kappa shape index (κ1) is 16.4. The molecule has 1 aliphatic rings. The second kappa shape index (κ2) is 7.42. The van der Waals surface area contributed by atoms with E-state index in [4.69, 9.17) is 9.72 Å². The Labute approximate surface area is 142 Å². The van der Waals surface area contributed by atoms with Crippen molar-refractivity contribution >= 4 is 11.8 Å². The minimum absolute atomic E-state index is 0.738. The molecule has 0 radical (unpaired) electrons. The molecule has 0 aromatic carbocycles. The number of ether oxygens (including phenoxy) is 1. The van der Waals surface area contributed by atoms with Crippen LogP contribution in [0.2, 0.25) is 0 Å². The second-order valence-electron chi connectivity index (χ2n) is 5.74. The molecule has 0 bridgehead atoms. The number of piperazine rings is 1. The number of aryl methyl sites for hydroxylation is 2. The Kier molecular flexibility index (Phi) is 5.08. The summed E-state index contributed by atoms with van der Waals surface area (Å²) in [6, 6.07) is 3.83. The van der Waals surface area contributed by atoms with Gasteiger partial charge in [-0.2, -0.15) is 5.10 Å². The van der Waals surface area contributed by atoms with Crippen molar-refractivity contribution in [3.05, 3.63) is 29.7 Å². The largest absolute Gasteiger partial charge is 0.497 e. The minimum atomic E-state index is 0.738. The van der Waals surface area contributed by atoms with Crippen molar-refractivity contribution in [2.45, 2.75) is 26.7 Å². The van der Waals surface area contributed by atoms with E-state index in [9.17, 15) is 0 Å². The van der Waals surface area contributed by atoms with Gasteiger partial charge in [0, 0.05) is 38.4 Å². The molecular formula is C17H24N6O. The molecule has 7 nitrogen and oxygen atoms in total. The average Bonchev–Trinajstić information content (AvgIpc) is 2.67. The fourth-order valence-electron chi connectivity index (χ4n) is 2.90. The highest BCUT2D eigenvalue weighted by Gasteiger charge is 2.21. The molecule has 1 fully saturated rings. The van der Waals surface area contributed by atoms with Crippen molar-refractivity contribution in [1.82, 2.24) is 20.2 Å². The highest BCUT2D eigenvalue weighted by Crippen LogP contribution is 2.20. The summed E-state index contributed by atoms with van der Waals surface area (Å²) in [5, 5.41) is 8.66. The number of aromatic nitrogens is 4. The molecule has 0 aliphatic carbocycles. The first-order chi connectivity index (χ1) is 11.7. The summed E-state index contributed by atoms with van der Waals surface area (Å²) in [5.74, 6) is 2.52. The van der Waals surface area contributed by atoms with E-state index in [1.165, 1.54) is 0 Å². The van der Waals surface area contributed by atoms with Crippen molar-refractivity contribution in [3.63, 3.8) is 0 Å². The molecule has 7 heteroatoms. The molecule has 1 saturated heterocycles. The first-order valence-electron chi connectivity index (χ1n) is 8.47. The number of methoxy groups -OCH3 is 1. The van der Waals surface area contributed by atoms with Gasteiger partial charge in [-0.05, 0) is 18.9 Å². The summed E-state index contributed by atoms with van der Waals surface area (Å²) >= 11 is 0. The number of anilines is 2. The van der Waals surface area contributed by atoms with Crippen LogP contribution in [0.5, 0.6) is 5.75 Å². The predicted molar refractivity (Wildman–Crippen MR) is 93.8 cm³/mol. The summed E-state index contributed by atoms with van der Waals surface area (Å²) in [4.78, 5) is 13.6. The van der Waals surface area contributed by atoms with E-state index in [-0.39, 0.29) is 0 Å². The molecule has 0 saturated carbocycles. The van der Waals surface area contributed by atoms with Crippen LogP contribution in [0.1, 0.15) is 25.2 Å². The van der Waals surface area contributed by atoms with E-state index < -0.39 is 0 Å². The monoisotopic (exact) mass is 328 g/mol. The van der Waals surface area contributed by atoms with Gasteiger partial charge in [0.05, 0.1) is 18.5 Å². The van der Waals surface area contributed by atoms with Gasteiger partial charge in [-0.3, -0.25) is 0 Å². The van der Waals surface area contributed by atoms with E-state index >= 15 is 0 Å². The Balaban J connectivity index is 1.68. The average molecular weight is 328 g/mol. The van der Waals surface area contributed by atoms with Crippen LogP contribution in [0.3, 0.4) is 0 Å². The zero-order valence-electron chi connectivity index (χ0n) is 14.6. The van der Waals surface area contributed by atoms with Crippen LogP contribution in [0.15, 0.2) is 18.3 Å². The van der Waals surface area contributed by atoms with E-state index in [1.807, 2.05) is 12.1 Å². The quantitative estimate of drug-likeness (QED) is 0.828. The summed E-state index contributed by atoms with van der Waals surface area (Å²) < 4.78 is 5.28. The molecule has 3 rings (SSSR count). The van der Waals surface area contributed by atoms with Gasteiger partial charge in [0.15, 0.2) is 0 Å². The summed E-state index contributed by atoms with van der Waals surface area (Å²) in [6.45, 7) is 7.66. The highest BCUT2D eigenvalue weighted by atomic mass is 16.5. The maximum absolute atomic E-state index is 5.28. The molecule has 0 unspecified atom stereocenters. The van der Waals surface area contributed by atoms with E-state index in [0.29, 0.717) is 0 Å². The molecule has 0 spiro atoms. The van der Waals surface area contributed by atoms with Crippen LogP contribution in [-0.2, 0) is 12.8 Å². The molecule has 1 aliphatic heterocycles. The third-order valence-electron chi connectivity index (χ3n) is 4.34. The van der Waals surface area contributed by atoms with Gasteiger partial charge in [-0.15, -0.1) is 5.10 Å². The molecular weight excluding hydrogens is 304 g/mol. The van der Waals surface area contributed by atoms with Crippen molar-refractivity contribution < 1.29 is 4.74 Å². The molecule has 0 amide bonds. The van der Waals surface area contributed by atoms with Crippen molar-refractivity contribution in [2.24, 2.45) is 0 Å². The van der Waals surface area contributed by atoms with Crippen LogP contribution in [0.25, 0.3) is 0 Å². The molecule has 2 aromatic heterocycles. The second-order valence-corrected chi connectivity index (χ2v) is 5.74. The van der Waals surface area contributed by atoms with Gasteiger partial charge in [-0.25, -0.2) is 9.97 Å². The summed E-state index contributed by atoms with van der Waals surface area (Å²) in [7, 11) is 1.67. The third kappa shape index (κ3) is 3.39. The third-order valence-corrected chi connectivity index (χ3v) is 4.34. The fraction of sp³-hybridized carbons (Fsp3) is 0.529. The number of rotatable bonds is 5. The van der Waals surface area contributed by atoms with E-state index in [1.54, 1.807) is 13.3 Å². The van der Waals surface area contributed by atoms with Gasteiger partial charge < -0.3 is 14.5 Å². The zero-order valence-corrected chi connectivity index (χ0v) is 14.6. The molecule has 0 N–H and O–H groups in total. The van der Waals surface area contributed by atoms with Crippen molar-refractivity contribution in [1.29, 1.82) is 0 Å². The number of hydrogen-bond donors (Lipinski definition) is 0. The lowest BCUT2D eigenvalue weighted by atomic mass is 10.2. The highest BCUT2D eigenvalue weighted by molar-refractivity contribution is 5.46. The Morgan fingerprint density at radius 2 is 1.71 bits per heavy atom. The lowest BCUT2D eigenvalue weighted by molar-refractivity contribution is 0.414. The fourth-order valence-corrected chi connectivity index (χ4v) is 2.90. The molecule has 24 heavy (non-hydrogen) atoms. The Hall–Kier alpha value is -2.44. The van der Waals surface area contributed by atoms with Crippen molar-refractivity contribution in [2.75, 3.05) is 43.1 Å². The first-order valence-corrected chi connectivity index (χ1v) is 8.47. The number of pyridine rings is 1. The van der Waals surface area contributed by atoms with E-state index in [0.717, 1.165) is 67.9 Å². The topological polar surface area (TPSA) is 67.3 Å². The maximum atomic E-state index is 5.28. The molecule has 3 heterocycles. The van der Waals surface area contributed by atoms with Gasteiger partial charge in [0.2, 0.25) is 5.95 Å². The zero-order chi connectivity index (χ0) is 16.9. The van der Waals surface area contributed by atoms with Gasteiger partial charge in [0.25, 0.3) is 0 Å². The van der Waals surface area contributed by atoms with Crippen molar-refractivity contribution in [3.8, 4) is 5.75 Å². The Morgan fingerprint density at radius 1 is 1.00 bits per heavy atom. The Morgan fingerprint density at radius 3 is 2.38 bits per heavy atom. The summed E-state index contributed by atoms with van der Waals surface area (Å²) in [6.07, 6.45) is 3.54. The van der Waals surface area contributed by atoms with Gasteiger partial charge >= 0.3 is 0 Å². The summed E-state index contributed by atoms with van der Waals surface area (Å²) in [5.41, 5.74) is 2.06. The van der Waals surface area contributed by atoms with Crippen LogP contribution < -0.4 is 14.5 Å². The maximum Gasteiger partial charge on any atom is 0.245 e. The number of hydrogen-bond acceptors (Lipinski definition) is 7. The van der Waals surface area contributed by atoms with Crippen LogP contribution in [0, 0.1) is 0 Å². The van der Waals surface area contributed by atoms with Crippen LogP contribution in [-0.4, -0.2) is 53.5 Å². The van der Waals surface area contributed by atoms with Crippen LogP contribution in [0.4, 0.5) is 11.8 Å². The normalized spacial score (nSPS) is 14.8. The lowest BCUT2D eigenvalue weighted by Crippen LogP contribution is -2.47. The Bertz CT molecular complexity index is 685. The number of nitrogens with zero attached hydrogens (tertiary/aromatic N) is 6. The van der Waals surface area contributed by atoms with Gasteiger partial charge in [-0.1, -0.05) is 13.8 Å². The standard InChI is InChI=1S/C17H24N6O/c1-4-14-15(5-2)20-21-17(19-14)23-10-8-22(9-11-23)16-12-13(24-3)6-7-18-16/h6-7,12H,4-5,8-11H2,1-3H3. The van der Waals surface area contributed by atoms with Crippen LogP contribution >= 0.6 is 0 Å².